The van der Waals surface area contributed by atoms with Crippen molar-refractivity contribution in [1.29, 1.82) is 0 Å². The Morgan fingerprint density at radius 2 is 2.00 bits per heavy atom. The Hall–Kier alpha value is -3.53. The van der Waals surface area contributed by atoms with Gasteiger partial charge in [0.2, 0.25) is 0 Å². The molecule has 2 aromatic heterocycles. The Bertz CT molecular complexity index is 1590. The number of carboxylic acids is 1. The summed E-state index contributed by atoms with van der Waals surface area (Å²) >= 11 is 3.35. The highest BCUT2D eigenvalue weighted by molar-refractivity contribution is 8.00. The molecule has 1 aliphatic rings. The molecule has 9 heteroatoms. The molecule has 3 N–H and O–H groups in total. The molecule has 6 rings (SSSR count). The van der Waals surface area contributed by atoms with E-state index >= 15 is 0 Å². The number of aliphatic carboxylic acids is 1. The van der Waals surface area contributed by atoms with Crippen molar-refractivity contribution in [1.82, 2.24) is 15.3 Å². The van der Waals surface area contributed by atoms with Crippen molar-refractivity contribution in [3.05, 3.63) is 83.0 Å². The molecule has 0 spiro atoms. The number of nitrogens with one attached hydrogen (secondary N) is 2. The van der Waals surface area contributed by atoms with E-state index in [1.807, 2.05) is 48.5 Å². The van der Waals surface area contributed by atoms with Crippen LogP contribution in [0.5, 0.6) is 11.5 Å². The molecule has 188 valence electrons. The van der Waals surface area contributed by atoms with Gasteiger partial charge in [-0.05, 0) is 53.6 Å². The third kappa shape index (κ3) is 4.43. The first-order valence-corrected chi connectivity index (χ1v) is 13.7. The highest BCUT2D eigenvalue weighted by atomic mass is 32.2. The van der Waals surface area contributed by atoms with Gasteiger partial charge in [-0.2, -0.15) is 0 Å². The van der Waals surface area contributed by atoms with Crippen molar-refractivity contribution in [2.45, 2.75) is 28.6 Å². The van der Waals surface area contributed by atoms with E-state index in [0.717, 1.165) is 54.6 Å². The maximum Gasteiger partial charge on any atom is 0.321 e. The van der Waals surface area contributed by atoms with Gasteiger partial charge >= 0.3 is 5.97 Å². The first-order chi connectivity index (χ1) is 18.0. The fourth-order valence-electron chi connectivity index (χ4n) is 4.95. The summed E-state index contributed by atoms with van der Waals surface area (Å²) < 4.78 is 13.3. The van der Waals surface area contributed by atoms with E-state index < -0.39 is 12.0 Å². The zero-order chi connectivity index (χ0) is 25.5. The third-order valence-corrected chi connectivity index (χ3v) is 9.00. The standard InChI is InChI=1S/C28H25N3O4S2/c1-34-17-8-9-20-18(12-17)19-13-22(27(32)33)30-25(26(19)29-20)15-7-10-23(35-2)16(11-15)14-36-28-31-21-5-3-4-6-24(21)37-28/h3-12,22,25,29-30H,13-14H2,1-2H3,(H,32,33)/t22-,25+/m0/s1. The van der Waals surface area contributed by atoms with Crippen LogP contribution in [0.25, 0.3) is 21.1 Å². The number of nitrogens with zero attached hydrogens (tertiary/aromatic N) is 1. The summed E-state index contributed by atoms with van der Waals surface area (Å²) in [5.74, 6) is 1.36. The number of fused-ring (bicyclic) bond motifs is 4. The predicted molar refractivity (Wildman–Crippen MR) is 147 cm³/mol. The summed E-state index contributed by atoms with van der Waals surface area (Å²) in [7, 11) is 3.30. The molecule has 5 aromatic rings. The molecule has 0 aliphatic carbocycles. The smallest absolute Gasteiger partial charge is 0.321 e. The van der Waals surface area contributed by atoms with E-state index in [1.165, 1.54) is 4.70 Å². The second kappa shape index (κ2) is 9.74. The van der Waals surface area contributed by atoms with Gasteiger partial charge in [0.25, 0.3) is 0 Å². The minimum Gasteiger partial charge on any atom is -0.497 e. The number of ether oxygens (including phenoxy) is 2. The molecular formula is C28H25N3O4S2. The van der Waals surface area contributed by atoms with Gasteiger partial charge < -0.3 is 19.6 Å². The molecule has 0 saturated heterocycles. The van der Waals surface area contributed by atoms with Crippen LogP contribution in [0.2, 0.25) is 0 Å². The molecule has 0 fully saturated rings. The van der Waals surface area contributed by atoms with E-state index in [4.69, 9.17) is 14.5 Å². The fourth-order valence-corrected chi connectivity index (χ4v) is 7.00. The van der Waals surface area contributed by atoms with Gasteiger partial charge in [-0.15, -0.1) is 11.3 Å². The van der Waals surface area contributed by atoms with Crippen LogP contribution in [-0.4, -0.2) is 41.3 Å². The Kier molecular flexibility index (Phi) is 6.27. The summed E-state index contributed by atoms with van der Waals surface area (Å²) in [6.07, 6.45) is 0.394. The molecule has 0 radical (unpaired) electrons. The van der Waals surface area contributed by atoms with Crippen molar-refractivity contribution in [3.8, 4) is 11.5 Å². The van der Waals surface area contributed by atoms with Gasteiger partial charge in [-0.25, -0.2) is 4.98 Å². The van der Waals surface area contributed by atoms with Crippen LogP contribution in [0.15, 0.2) is 65.0 Å². The number of carbonyl (C=O) groups is 1. The number of thioether (sulfide) groups is 1. The number of benzene rings is 3. The molecular weight excluding hydrogens is 506 g/mol. The first-order valence-electron chi connectivity index (χ1n) is 11.9. The van der Waals surface area contributed by atoms with Crippen LogP contribution < -0.4 is 14.8 Å². The van der Waals surface area contributed by atoms with Crippen LogP contribution in [0.4, 0.5) is 0 Å². The predicted octanol–water partition coefficient (Wildman–Crippen LogP) is 5.78. The second-order valence-electron chi connectivity index (χ2n) is 8.93. The van der Waals surface area contributed by atoms with Crippen LogP contribution >= 0.6 is 23.1 Å². The lowest BCUT2D eigenvalue weighted by molar-refractivity contribution is -0.139. The maximum absolute atomic E-state index is 12.1. The number of aromatic nitrogens is 2. The normalized spacial score (nSPS) is 17.1. The molecule has 37 heavy (non-hydrogen) atoms. The third-order valence-electron chi connectivity index (χ3n) is 6.77. The number of carboxylic acid groups (broad SMARTS) is 1. The molecule has 0 unspecified atom stereocenters. The van der Waals surface area contributed by atoms with Crippen LogP contribution in [0, 0.1) is 0 Å². The van der Waals surface area contributed by atoms with E-state index in [0.29, 0.717) is 12.2 Å². The Morgan fingerprint density at radius 3 is 2.78 bits per heavy atom. The van der Waals surface area contributed by atoms with Crippen molar-refractivity contribution in [2.24, 2.45) is 0 Å². The molecule has 3 heterocycles. The number of aromatic amines is 1. The maximum atomic E-state index is 12.1. The van der Waals surface area contributed by atoms with Crippen molar-refractivity contribution >= 4 is 50.2 Å². The molecule has 2 atom stereocenters. The SMILES string of the molecule is COc1ccc2[nH]c3c(c2c1)C[C@@H](C(=O)O)N[C@@H]3c1ccc(OC)c(CSc2nc3ccccc3s2)c1. The highest BCUT2D eigenvalue weighted by Crippen LogP contribution is 2.39. The quantitative estimate of drug-likeness (QED) is 0.229. The number of hydrogen-bond acceptors (Lipinski definition) is 7. The molecule has 7 nitrogen and oxygen atoms in total. The first kappa shape index (κ1) is 23.8. The van der Waals surface area contributed by atoms with Crippen LogP contribution in [-0.2, 0) is 17.0 Å². The van der Waals surface area contributed by atoms with Crippen molar-refractivity contribution < 1.29 is 19.4 Å². The number of thiazole rings is 1. The molecule has 0 bridgehead atoms. The van der Waals surface area contributed by atoms with Crippen molar-refractivity contribution in [2.75, 3.05) is 14.2 Å². The Morgan fingerprint density at radius 1 is 1.14 bits per heavy atom. The van der Waals surface area contributed by atoms with E-state index in [9.17, 15) is 9.90 Å². The van der Waals surface area contributed by atoms with E-state index in [-0.39, 0.29) is 6.04 Å². The summed E-state index contributed by atoms with van der Waals surface area (Å²) in [6.45, 7) is 0. The summed E-state index contributed by atoms with van der Waals surface area (Å²) in [6, 6.07) is 19.1. The molecule has 0 saturated carbocycles. The van der Waals surface area contributed by atoms with Crippen LogP contribution in [0.3, 0.4) is 0 Å². The van der Waals surface area contributed by atoms with Gasteiger partial charge in [0.1, 0.15) is 17.5 Å². The Labute approximate surface area is 221 Å². The largest absolute Gasteiger partial charge is 0.497 e. The minimum absolute atomic E-state index is 0.305. The zero-order valence-corrected chi connectivity index (χ0v) is 21.9. The van der Waals surface area contributed by atoms with Crippen molar-refractivity contribution in [3.63, 3.8) is 0 Å². The summed E-state index contributed by atoms with van der Waals surface area (Å²) in [5.41, 5.74) is 5.96. The molecule has 0 amide bonds. The van der Waals surface area contributed by atoms with Crippen LogP contribution in [0.1, 0.15) is 28.4 Å². The number of rotatable bonds is 7. The van der Waals surface area contributed by atoms with Gasteiger partial charge in [0.05, 0.1) is 30.5 Å². The molecule has 3 aromatic carbocycles. The Balaban J connectivity index is 1.37. The van der Waals surface area contributed by atoms with E-state index in [2.05, 4.69) is 22.4 Å². The lowest BCUT2D eigenvalue weighted by Crippen LogP contribution is -2.45. The topological polar surface area (TPSA) is 96.5 Å². The van der Waals surface area contributed by atoms with Gasteiger partial charge in [-0.1, -0.05) is 30.0 Å². The number of H-pyrrole nitrogens is 1. The average Bonchev–Trinajstić information content (AvgIpc) is 3.51. The highest BCUT2D eigenvalue weighted by Gasteiger charge is 2.34. The minimum atomic E-state index is -0.868. The lowest BCUT2D eigenvalue weighted by atomic mass is 9.89. The van der Waals surface area contributed by atoms with Gasteiger partial charge in [0.15, 0.2) is 4.34 Å². The number of methoxy groups -OCH3 is 2. The summed E-state index contributed by atoms with van der Waals surface area (Å²) in [5, 5.41) is 14.3. The molecule has 1 aliphatic heterocycles. The summed E-state index contributed by atoms with van der Waals surface area (Å²) in [4.78, 5) is 20.4. The zero-order valence-electron chi connectivity index (χ0n) is 20.3. The number of hydrogen-bond donors (Lipinski definition) is 3. The van der Waals surface area contributed by atoms with Gasteiger partial charge in [-0.3, -0.25) is 10.1 Å². The van der Waals surface area contributed by atoms with Gasteiger partial charge in [0, 0.05) is 34.3 Å². The van der Waals surface area contributed by atoms with E-state index in [1.54, 1.807) is 37.3 Å². The fraction of sp³-hybridized carbons (Fsp3) is 0.214. The second-order valence-corrected chi connectivity index (χ2v) is 11.2. The average molecular weight is 532 g/mol. The number of para-hydroxylation sites is 1. The monoisotopic (exact) mass is 531 g/mol. The lowest BCUT2D eigenvalue weighted by Gasteiger charge is -2.30.